The van der Waals surface area contributed by atoms with Gasteiger partial charge in [-0.3, -0.25) is 0 Å². The molecule has 0 N–H and O–H groups in total. The van der Waals surface area contributed by atoms with Crippen molar-refractivity contribution in [3.05, 3.63) is 32.9 Å². The first kappa shape index (κ1) is 14.9. The van der Waals surface area contributed by atoms with Crippen LogP contribution in [0.15, 0.2) is 18.2 Å². The van der Waals surface area contributed by atoms with Gasteiger partial charge in [-0.2, -0.15) is 0 Å². The summed E-state index contributed by atoms with van der Waals surface area (Å²) in [6.45, 7) is 5.38. The molecule has 1 aromatic rings. The van der Waals surface area contributed by atoms with Gasteiger partial charge in [-0.15, -0.1) is 0 Å². The Bertz CT molecular complexity index is 474. The van der Waals surface area contributed by atoms with Gasteiger partial charge in [0.15, 0.2) is 0 Å². The summed E-state index contributed by atoms with van der Waals surface area (Å²) in [4.78, 5) is 23.3. The Morgan fingerprint density at radius 2 is 1.56 bits per heavy atom. The van der Waals surface area contributed by atoms with E-state index in [-0.39, 0.29) is 0 Å². The summed E-state index contributed by atoms with van der Waals surface area (Å²) in [6, 6.07) is 4.80. The van der Waals surface area contributed by atoms with Crippen LogP contribution in [0.1, 0.15) is 41.5 Å². The molecule has 0 bridgehead atoms. The molecule has 0 saturated heterocycles. The molecule has 0 aliphatic heterocycles. The summed E-state index contributed by atoms with van der Waals surface area (Å²) < 4.78 is 10.7. The van der Waals surface area contributed by atoms with Crippen molar-refractivity contribution in [2.24, 2.45) is 0 Å². The van der Waals surface area contributed by atoms with Crippen molar-refractivity contribution < 1.29 is 19.1 Å². The molecule has 0 amide bonds. The van der Waals surface area contributed by atoms with Crippen LogP contribution in [0.3, 0.4) is 0 Å². The second-order valence-electron chi connectivity index (χ2n) is 4.72. The van der Waals surface area contributed by atoms with Crippen LogP contribution < -0.4 is 0 Å². The minimum Gasteiger partial charge on any atom is -0.465 e. The fraction of sp³-hybridized carbons (Fsp3) is 0.385. The number of hydrogen-bond acceptors (Lipinski definition) is 4. The van der Waals surface area contributed by atoms with E-state index in [1.807, 2.05) is 22.6 Å². The third-order valence-electron chi connectivity index (χ3n) is 1.95. The molecule has 0 aliphatic carbocycles. The third kappa shape index (κ3) is 4.29. The Kier molecular flexibility index (Phi) is 4.72. The smallest absolute Gasteiger partial charge is 0.338 e. The number of carbonyl (C=O) groups is 2. The zero-order valence-electron chi connectivity index (χ0n) is 10.7. The summed E-state index contributed by atoms with van der Waals surface area (Å²) in [6.07, 6.45) is 0. The topological polar surface area (TPSA) is 52.6 Å². The maximum absolute atomic E-state index is 11.9. The zero-order valence-corrected chi connectivity index (χ0v) is 12.9. The molecular weight excluding hydrogens is 347 g/mol. The van der Waals surface area contributed by atoms with Gasteiger partial charge in [-0.25, -0.2) is 9.59 Å². The number of ether oxygens (including phenoxy) is 2. The van der Waals surface area contributed by atoms with Gasteiger partial charge in [0.05, 0.1) is 18.2 Å². The predicted octanol–water partition coefficient (Wildman–Crippen LogP) is 3.03. The first-order chi connectivity index (χ1) is 8.23. The summed E-state index contributed by atoms with van der Waals surface area (Å²) in [7, 11) is 1.30. The SMILES string of the molecule is COC(=O)c1cc(I)cc(C(=O)OC(C)(C)C)c1. The molecule has 1 aromatic carbocycles. The zero-order chi connectivity index (χ0) is 13.9. The maximum Gasteiger partial charge on any atom is 0.338 e. The minimum atomic E-state index is -0.566. The molecule has 0 fully saturated rings. The lowest BCUT2D eigenvalue weighted by atomic mass is 10.1. The molecule has 0 unspecified atom stereocenters. The number of hydrogen-bond donors (Lipinski definition) is 0. The Hall–Kier alpha value is -1.11. The molecular formula is C13H15IO4. The molecule has 0 atom stereocenters. The van der Waals surface area contributed by atoms with Gasteiger partial charge in [0.1, 0.15) is 5.60 Å². The fourth-order valence-corrected chi connectivity index (χ4v) is 1.95. The summed E-state index contributed by atoms with van der Waals surface area (Å²) in [5.41, 5.74) is 0.117. The van der Waals surface area contributed by atoms with Crippen molar-refractivity contribution in [2.75, 3.05) is 7.11 Å². The van der Waals surface area contributed by atoms with Gasteiger partial charge in [0.2, 0.25) is 0 Å². The molecule has 0 aromatic heterocycles. The van der Waals surface area contributed by atoms with Crippen LogP contribution in [0.25, 0.3) is 0 Å². The third-order valence-corrected chi connectivity index (χ3v) is 2.58. The van der Waals surface area contributed by atoms with Gasteiger partial charge < -0.3 is 9.47 Å². The molecule has 18 heavy (non-hydrogen) atoms. The Balaban J connectivity index is 3.06. The quantitative estimate of drug-likeness (QED) is 0.600. The average molecular weight is 362 g/mol. The number of benzene rings is 1. The molecule has 0 saturated carbocycles. The van der Waals surface area contributed by atoms with E-state index in [1.165, 1.54) is 13.2 Å². The molecule has 0 spiro atoms. The molecule has 1 rings (SSSR count). The van der Waals surface area contributed by atoms with Crippen molar-refractivity contribution in [1.29, 1.82) is 0 Å². The van der Waals surface area contributed by atoms with Crippen molar-refractivity contribution in [1.82, 2.24) is 0 Å². The molecule has 5 heteroatoms. The Morgan fingerprint density at radius 1 is 1.06 bits per heavy atom. The van der Waals surface area contributed by atoms with E-state index < -0.39 is 17.5 Å². The highest BCUT2D eigenvalue weighted by Gasteiger charge is 2.19. The normalized spacial score (nSPS) is 10.9. The van der Waals surface area contributed by atoms with Crippen molar-refractivity contribution in [3.8, 4) is 0 Å². The summed E-state index contributed by atoms with van der Waals surface area (Å²) in [5.74, 6) is -0.926. The van der Waals surface area contributed by atoms with Crippen molar-refractivity contribution in [2.45, 2.75) is 26.4 Å². The molecule has 0 heterocycles. The fourth-order valence-electron chi connectivity index (χ4n) is 1.28. The second kappa shape index (κ2) is 5.69. The lowest BCUT2D eigenvalue weighted by molar-refractivity contribution is 0.00694. The highest BCUT2D eigenvalue weighted by Crippen LogP contribution is 2.17. The number of carbonyl (C=O) groups excluding carboxylic acids is 2. The van der Waals surface area contributed by atoms with Crippen LogP contribution in [0.5, 0.6) is 0 Å². The van der Waals surface area contributed by atoms with Crippen LogP contribution in [0, 0.1) is 3.57 Å². The van der Waals surface area contributed by atoms with E-state index in [4.69, 9.17) is 4.74 Å². The van der Waals surface area contributed by atoms with Crippen LogP contribution in [-0.2, 0) is 9.47 Å². The van der Waals surface area contributed by atoms with Crippen LogP contribution in [0.2, 0.25) is 0 Å². The molecule has 4 nitrogen and oxygen atoms in total. The van der Waals surface area contributed by atoms with E-state index in [9.17, 15) is 9.59 Å². The van der Waals surface area contributed by atoms with Crippen LogP contribution in [-0.4, -0.2) is 24.6 Å². The van der Waals surface area contributed by atoms with Crippen LogP contribution >= 0.6 is 22.6 Å². The average Bonchev–Trinajstić information content (AvgIpc) is 2.24. The highest BCUT2D eigenvalue weighted by atomic mass is 127. The van der Waals surface area contributed by atoms with E-state index in [2.05, 4.69) is 4.74 Å². The number of methoxy groups -OCH3 is 1. The van der Waals surface area contributed by atoms with E-state index in [0.29, 0.717) is 11.1 Å². The van der Waals surface area contributed by atoms with Crippen molar-refractivity contribution >= 4 is 34.5 Å². The van der Waals surface area contributed by atoms with Gasteiger partial charge in [0, 0.05) is 3.57 Å². The summed E-state index contributed by atoms with van der Waals surface area (Å²) in [5, 5.41) is 0. The summed E-state index contributed by atoms with van der Waals surface area (Å²) >= 11 is 2.04. The van der Waals surface area contributed by atoms with Gasteiger partial charge in [-0.05, 0) is 61.6 Å². The lowest BCUT2D eigenvalue weighted by Gasteiger charge is -2.19. The number of rotatable bonds is 2. The van der Waals surface area contributed by atoms with Gasteiger partial charge in [-0.1, -0.05) is 0 Å². The monoisotopic (exact) mass is 362 g/mol. The standard InChI is InChI=1S/C13H15IO4/c1-13(2,3)18-12(16)9-5-8(11(15)17-4)6-10(14)7-9/h5-7H,1-4H3. The second-order valence-corrected chi connectivity index (χ2v) is 5.97. The maximum atomic E-state index is 11.9. The molecule has 98 valence electrons. The van der Waals surface area contributed by atoms with E-state index >= 15 is 0 Å². The number of halogens is 1. The Labute approximate surface area is 120 Å². The van der Waals surface area contributed by atoms with E-state index in [1.54, 1.807) is 32.9 Å². The first-order valence-corrected chi connectivity index (χ1v) is 6.43. The first-order valence-electron chi connectivity index (χ1n) is 5.35. The van der Waals surface area contributed by atoms with Gasteiger partial charge >= 0.3 is 11.9 Å². The molecule has 0 radical (unpaired) electrons. The number of esters is 2. The predicted molar refractivity (Wildman–Crippen MR) is 75.7 cm³/mol. The lowest BCUT2D eigenvalue weighted by Crippen LogP contribution is -2.24. The Morgan fingerprint density at radius 3 is 2.00 bits per heavy atom. The molecule has 0 aliphatic rings. The van der Waals surface area contributed by atoms with Crippen molar-refractivity contribution in [3.63, 3.8) is 0 Å². The van der Waals surface area contributed by atoms with E-state index in [0.717, 1.165) is 3.57 Å². The van der Waals surface area contributed by atoms with Crippen LogP contribution in [0.4, 0.5) is 0 Å². The largest absolute Gasteiger partial charge is 0.465 e. The highest BCUT2D eigenvalue weighted by molar-refractivity contribution is 14.1. The minimum absolute atomic E-state index is 0.338. The van der Waals surface area contributed by atoms with Gasteiger partial charge in [0.25, 0.3) is 0 Å².